The van der Waals surface area contributed by atoms with Gasteiger partial charge < -0.3 is 15.8 Å². The van der Waals surface area contributed by atoms with Crippen molar-refractivity contribution in [3.63, 3.8) is 0 Å². The largest absolute Gasteiger partial charge is 0.464 e. The third-order valence-electron chi connectivity index (χ3n) is 3.16. The number of nitrogens with one attached hydrogen (secondary N) is 1. The minimum Gasteiger partial charge on any atom is -0.464 e. The number of esters is 1. The van der Waals surface area contributed by atoms with E-state index in [9.17, 15) is 4.79 Å². The molecule has 0 bridgehead atoms. The van der Waals surface area contributed by atoms with Crippen molar-refractivity contribution in [3.05, 3.63) is 17.8 Å². The first-order valence-corrected chi connectivity index (χ1v) is 6.59. The van der Waals surface area contributed by atoms with E-state index in [0.717, 1.165) is 12.8 Å². The number of aromatic nitrogens is 1. The molecule has 0 fully saturated rings. The summed E-state index contributed by atoms with van der Waals surface area (Å²) in [6.07, 6.45) is 2.16. The van der Waals surface area contributed by atoms with Crippen molar-refractivity contribution in [2.24, 2.45) is 5.92 Å². The highest BCUT2D eigenvalue weighted by Gasteiger charge is 2.13. The number of nitrogen functional groups attached to an aromatic ring is 1. The number of carbonyl (C=O) groups is 1. The van der Waals surface area contributed by atoms with Gasteiger partial charge >= 0.3 is 5.97 Å². The van der Waals surface area contributed by atoms with Crippen molar-refractivity contribution in [3.8, 4) is 0 Å². The molecular weight excluding hydrogens is 242 g/mol. The molecule has 0 aliphatic rings. The average Bonchev–Trinajstić information content (AvgIpc) is 2.40. The number of pyridine rings is 1. The van der Waals surface area contributed by atoms with Gasteiger partial charge in [-0.2, -0.15) is 0 Å². The zero-order valence-electron chi connectivity index (χ0n) is 12.1. The maximum absolute atomic E-state index is 11.4. The third-order valence-corrected chi connectivity index (χ3v) is 3.16. The molecule has 106 valence electrons. The van der Waals surface area contributed by atoms with Crippen LogP contribution in [0.3, 0.4) is 0 Å². The molecule has 5 heteroatoms. The van der Waals surface area contributed by atoms with Crippen LogP contribution in [0.15, 0.2) is 12.1 Å². The molecule has 0 amide bonds. The Bertz CT molecular complexity index is 435. The van der Waals surface area contributed by atoms with Crippen LogP contribution in [0.5, 0.6) is 0 Å². The minimum absolute atomic E-state index is 0.248. The molecule has 19 heavy (non-hydrogen) atoms. The van der Waals surface area contributed by atoms with E-state index < -0.39 is 5.97 Å². The Morgan fingerprint density at radius 1 is 1.47 bits per heavy atom. The van der Waals surface area contributed by atoms with E-state index in [2.05, 4.69) is 35.8 Å². The van der Waals surface area contributed by atoms with Crippen LogP contribution in [0, 0.1) is 5.92 Å². The molecule has 2 unspecified atom stereocenters. The lowest BCUT2D eigenvalue weighted by Crippen LogP contribution is -2.20. The lowest BCUT2D eigenvalue weighted by atomic mass is 10.0. The van der Waals surface area contributed by atoms with Crippen LogP contribution >= 0.6 is 0 Å². The first kappa shape index (κ1) is 15.3. The number of methoxy groups -OCH3 is 1. The summed E-state index contributed by atoms with van der Waals surface area (Å²) in [6, 6.07) is 3.47. The van der Waals surface area contributed by atoms with E-state index in [0.29, 0.717) is 17.4 Å². The number of rotatable bonds is 6. The number of hydrogen-bond donors (Lipinski definition) is 2. The van der Waals surface area contributed by atoms with Crippen LogP contribution in [0.2, 0.25) is 0 Å². The fourth-order valence-electron chi connectivity index (χ4n) is 1.87. The van der Waals surface area contributed by atoms with Crippen LogP contribution in [0.1, 0.15) is 44.1 Å². The van der Waals surface area contributed by atoms with Gasteiger partial charge in [0, 0.05) is 6.04 Å². The smallest absolute Gasteiger partial charge is 0.356 e. The summed E-state index contributed by atoms with van der Waals surface area (Å²) in [7, 11) is 1.33. The van der Waals surface area contributed by atoms with Crippen molar-refractivity contribution in [1.29, 1.82) is 0 Å². The summed E-state index contributed by atoms with van der Waals surface area (Å²) in [6.45, 7) is 6.46. The second-order valence-corrected chi connectivity index (χ2v) is 4.92. The number of nitrogens with two attached hydrogens (primary N) is 1. The summed E-state index contributed by atoms with van der Waals surface area (Å²) >= 11 is 0. The molecule has 0 aliphatic heterocycles. The SMILES string of the molecule is CCC(C)CC(C)Nc1nc(C(=O)OC)ccc1N. The molecule has 0 spiro atoms. The Hall–Kier alpha value is -1.78. The van der Waals surface area contributed by atoms with E-state index in [1.807, 2.05) is 0 Å². The fraction of sp³-hybridized carbons (Fsp3) is 0.571. The van der Waals surface area contributed by atoms with Gasteiger partial charge in [0.25, 0.3) is 0 Å². The lowest BCUT2D eigenvalue weighted by molar-refractivity contribution is 0.0594. The van der Waals surface area contributed by atoms with Crippen molar-refractivity contribution in [2.75, 3.05) is 18.2 Å². The fourth-order valence-corrected chi connectivity index (χ4v) is 1.87. The van der Waals surface area contributed by atoms with E-state index in [1.54, 1.807) is 12.1 Å². The highest BCUT2D eigenvalue weighted by molar-refractivity contribution is 5.88. The third kappa shape index (κ3) is 4.43. The predicted molar refractivity (Wildman–Crippen MR) is 77.1 cm³/mol. The van der Waals surface area contributed by atoms with Crippen molar-refractivity contribution < 1.29 is 9.53 Å². The van der Waals surface area contributed by atoms with Gasteiger partial charge in [-0.1, -0.05) is 20.3 Å². The molecule has 0 aromatic carbocycles. The number of hydrogen-bond acceptors (Lipinski definition) is 5. The maximum atomic E-state index is 11.4. The normalized spacial score (nSPS) is 13.7. The molecule has 1 heterocycles. The van der Waals surface area contributed by atoms with Gasteiger partial charge in [-0.25, -0.2) is 9.78 Å². The molecular formula is C14H23N3O2. The predicted octanol–water partition coefficient (Wildman–Crippen LogP) is 2.69. The quantitative estimate of drug-likeness (QED) is 0.773. The maximum Gasteiger partial charge on any atom is 0.356 e. The number of anilines is 2. The molecule has 0 aliphatic carbocycles. The molecule has 2 atom stereocenters. The summed E-state index contributed by atoms with van der Waals surface area (Å²) in [5.41, 5.74) is 6.66. The lowest BCUT2D eigenvalue weighted by Gasteiger charge is -2.19. The summed E-state index contributed by atoms with van der Waals surface area (Å²) in [5, 5.41) is 3.25. The summed E-state index contributed by atoms with van der Waals surface area (Å²) in [4.78, 5) is 15.6. The van der Waals surface area contributed by atoms with Crippen LogP contribution < -0.4 is 11.1 Å². The molecule has 0 saturated heterocycles. The van der Waals surface area contributed by atoms with E-state index in [4.69, 9.17) is 5.73 Å². The van der Waals surface area contributed by atoms with E-state index in [1.165, 1.54) is 7.11 Å². The van der Waals surface area contributed by atoms with Crippen molar-refractivity contribution >= 4 is 17.5 Å². The van der Waals surface area contributed by atoms with Gasteiger partial charge in [0.2, 0.25) is 0 Å². The van der Waals surface area contributed by atoms with Crippen LogP contribution in [0.4, 0.5) is 11.5 Å². The van der Waals surface area contributed by atoms with Gasteiger partial charge in [-0.05, 0) is 31.4 Å². The van der Waals surface area contributed by atoms with Gasteiger partial charge in [0.05, 0.1) is 12.8 Å². The second-order valence-electron chi connectivity index (χ2n) is 4.92. The molecule has 0 saturated carbocycles. The first-order chi connectivity index (χ1) is 8.97. The highest BCUT2D eigenvalue weighted by Crippen LogP contribution is 2.19. The number of nitrogens with zero attached hydrogens (tertiary/aromatic N) is 1. The second kappa shape index (κ2) is 6.97. The molecule has 1 aromatic heterocycles. The Kier molecular flexibility index (Phi) is 5.60. The summed E-state index contributed by atoms with van der Waals surface area (Å²) in [5.74, 6) is 0.712. The van der Waals surface area contributed by atoms with Crippen LogP contribution in [-0.2, 0) is 4.74 Å². The van der Waals surface area contributed by atoms with Crippen molar-refractivity contribution in [2.45, 2.75) is 39.7 Å². The Balaban J connectivity index is 2.79. The topological polar surface area (TPSA) is 77.2 Å². The zero-order chi connectivity index (χ0) is 14.4. The van der Waals surface area contributed by atoms with Gasteiger partial charge in [-0.3, -0.25) is 0 Å². The average molecular weight is 265 g/mol. The number of carbonyl (C=O) groups excluding carboxylic acids is 1. The Labute approximate surface area is 114 Å². The summed E-state index contributed by atoms with van der Waals surface area (Å²) < 4.78 is 4.65. The zero-order valence-corrected chi connectivity index (χ0v) is 12.1. The Morgan fingerprint density at radius 2 is 2.16 bits per heavy atom. The van der Waals surface area contributed by atoms with Gasteiger partial charge in [0.1, 0.15) is 5.82 Å². The Morgan fingerprint density at radius 3 is 2.74 bits per heavy atom. The van der Waals surface area contributed by atoms with E-state index >= 15 is 0 Å². The van der Waals surface area contributed by atoms with Crippen molar-refractivity contribution in [1.82, 2.24) is 4.98 Å². The molecule has 0 radical (unpaired) electrons. The van der Waals surface area contributed by atoms with Gasteiger partial charge in [0.15, 0.2) is 5.69 Å². The first-order valence-electron chi connectivity index (χ1n) is 6.59. The monoisotopic (exact) mass is 265 g/mol. The van der Waals surface area contributed by atoms with Gasteiger partial charge in [-0.15, -0.1) is 0 Å². The molecule has 1 aromatic rings. The number of ether oxygens (including phenoxy) is 1. The molecule has 5 nitrogen and oxygen atoms in total. The van der Waals surface area contributed by atoms with Crippen LogP contribution in [-0.4, -0.2) is 24.1 Å². The highest BCUT2D eigenvalue weighted by atomic mass is 16.5. The van der Waals surface area contributed by atoms with E-state index in [-0.39, 0.29) is 11.7 Å². The standard InChI is InChI=1S/C14H23N3O2/c1-5-9(2)8-10(3)16-13-11(15)6-7-12(17-13)14(18)19-4/h6-7,9-10H,5,8,15H2,1-4H3,(H,16,17). The van der Waals surface area contributed by atoms with Crippen LogP contribution in [0.25, 0.3) is 0 Å². The molecule has 1 rings (SSSR count). The minimum atomic E-state index is -0.461. The molecule has 3 N–H and O–H groups in total.